The molecule has 2 nitrogen and oxygen atoms in total. The molecule has 0 N–H and O–H groups in total. The first-order chi connectivity index (χ1) is 7.75. The van der Waals surface area contributed by atoms with E-state index in [4.69, 9.17) is 0 Å². The van der Waals surface area contributed by atoms with E-state index < -0.39 is 11.6 Å². The van der Waals surface area contributed by atoms with Crippen LogP contribution < -0.4 is 0 Å². The van der Waals surface area contributed by atoms with Crippen molar-refractivity contribution in [2.75, 3.05) is 13.1 Å². The number of halogens is 2. The molecule has 86 valence electrons. The molecule has 0 radical (unpaired) electrons. The van der Waals surface area contributed by atoms with Crippen LogP contribution in [0.2, 0.25) is 0 Å². The molecule has 1 aromatic rings. The third-order valence-corrected chi connectivity index (χ3v) is 2.66. The molecular formula is C12H14F2N2. The molecule has 0 amide bonds. The first kappa shape index (κ1) is 11.0. The predicted molar refractivity (Wildman–Crippen MR) is 59.4 cm³/mol. The summed E-state index contributed by atoms with van der Waals surface area (Å²) in [5.41, 5.74) is 0.326. The number of piperidine rings is 1. The molecule has 0 spiro atoms. The summed E-state index contributed by atoms with van der Waals surface area (Å²) in [5, 5.41) is 6.11. The molecule has 0 bridgehead atoms. The Kier molecular flexibility index (Phi) is 3.49. The molecule has 0 unspecified atom stereocenters. The Morgan fingerprint density at radius 1 is 1.12 bits per heavy atom. The van der Waals surface area contributed by atoms with Crippen LogP contribution in [0, 0.1) is 11.6 Å². The number of hydrogen-bond acceptors (Lipinski definition) is 2. The zero-order chi connectivity index (χ0) is 11.4. The van der Waals surface area contributed by atoms with E-state index in [9.17, 15) is 8.78 Å². The highest BCUT2D eigenvalue weighted by Crippen LogP contribution is 2.10. The van der Waals surface area contributed by atoms with Crippen molar-refractivity contribution in [2.45, 2.75) is 19.3 Å². The lowest BCUT2D eigenvalue weighted by Gasteiger charge is -2.23. The van der Waals surface area contributed by atoms with Crippen LogP contribution in [0.1, 0.15) is 24.8 Å². The summed E-state index contributed by atoms with van der Waals surface area (Å²) in [6.45, 7) is 1.83. The smallest absolute Gasteiger partial charge is 0.134 e. The second-order valence-corrected chi connectivity index (χ2v) is 3.92. The van der Waals surface area contributed by atoms with Crippen LogP contribution in [0.25, 0.3) is 0 Å². The van der Waals surface area contributed by atoms with Crippen LogP contribution in [0.5, 0.6) is 0 Å². The molecule has 16 heavy (non-hydrogen) atoms. The zero-order valence-corrected chi connectivity index (χ0v) is 9.00. The largest absolute Gasteiger partial charge is 0.297 e. The van der Waals surface area contributed by atoms with Gasteiger partial charge >= 0.3 is 0 Å². The van der Waals surface area contributed by atoms with Gasteiger partial charge in [-0.25, -0.2) is 8.78 Å². The Balaban J connectivity index is 2.04. The van der Waals surface area contributed by atoms with Crippen LogP contribution in [-0.2, 0) is 0 Å². The van der Waals surface area contributed by atoms with Crippen LogP contribution in [0.15, 0.2) is 23.3 Å². The van der Waals surface area contributed by atoms with Crippen molar-refractivity contribution in [3.63, 3.8) is 0 Å². The lowest BCUT2D eigenvalue weighted by atomic mass is 10.2. The molecule has 1 saturated heterocycles. The fraction of sp³-hybridized carbons (Fsp3) is 0.417. The quantitative estimate of drug-likeness (QED) is 0.705. The number of nitrogens with zero attached hydrogens (tertiary/aromatic N) is 2. The van der Waals surface area contributed by atoms with Gasteiger partial charge in [0.2, 0.25) is 0 Å². The van der Waals surface area contributed by atoms with E-state index in [-0.39, 0.29) is 0 Å². The minimum atomic E-state index is -0.569. The highest BCUT2D eigenvalue weighted by Gasteiger charge is 2.07. The number of rotatable bonds is 2. The monoisotopic (exact) mass is 224 g/mol. The lowest BCUT2D eigenvalue weighted by Crippen LogP contribution is -2.24. The van der Waals surface area contributed by atoms with Crippen molar-refractivity contribution in [2.24, 2.45) is 5.10 Å². The average Bonchev–Trinajstić information content (AvgIpc) is 2.29. The van der Waals surface area contributed by atoms with E-state index in [1.165, 1.54) is 24.8 Å². The van der Waals surface area contributed by atoms with Gasteiger partial charge in [-0.3, -0.25) is 5.01 Å². The maximum Gasteiger partial charge on any atom is 0.134 e. The third kappa shape index (κ3) is 2.78. The summed E-state index contributed by atoms with van der Waals surface area (Å²) in [6, 6.07) is 3.51. The summed E-state index contributed by atoms with van der Waals surface area (Å²) in [5.74, 6) is -1.13. The molecule has 0 aromatic heterocycles. The van der Waals surface area contributed by atoms with E-state index in [1.54, 1.807) is 0 Å². The van der Waals surface area contributed by atoms with Gasteiger partial charge in [0.15, 0.2) is 0 Å². The first-order valence-corrected chi connectivity index (χ1v) is 5.50. The summed E-state index contributed by atoms with van der Waals surface area (Å²) in [6.07, 6.45) is 4.95. The predicted octanol–water partition coefficient (Wildman–Crippen LogP) is 2.78. The summed E-state index contributed by atoms with van der Waals surface area (Å²) in [4.78, 5) is 0. The molecule has 4 heteroatoms. The lowest BCUT2D eigenvalue weighted by molar-refractivity contribution is 0.240. The maximum atomic E-state index is 13.3. The van der Waals surface area contributed by atoms with Gasteiger partial charge in [0.1, 0.15) is 11.6 Å². The van der Waals surface area contributed by atoms with E-state index in [2.05, 4.69) is 5.10 Å². The standard InChI is InChI=1S/C12H14F2N2/c13-11-5-4-10(12(14)8-11)9-15-16-6-2-1-3-7-16/h4-5,8-9H,1-3,6-7H2/b15-9+. The normalized spacial score (nSPS) is 17.0. The van der Waals surface area contributed by atoms with Gasteiger partial charge in [-0.15, -0.1) is 0 Å². The van der Waals surface area contributed by atoms with Crippen molar-refractivity contribution in [1.82, 2.24) is 5.01 Å². The molecule has 1 aliphatic heterocycles. The maximum absolute atomic E-state index is 13.3. The summed E-state index contributed by atoms with van der Waals surface area (Å²) in [7, 11) is 0. The van der Waals surface area contributed by atoms with Crippen LogP contribution in [0.4, 0.5) is 8.78 Å². The highest BCUT2D eigenvalue weighted by atomic mass is 19.1. The van der Waals surface area contributed by atoms with Gasteiger partial charge in [0.05, 0.1) is 6.21 Å². The second-order valence-electron chi connectivity index (χ2n) is 3.92. The topological polar surface area (TPSA) is 15.6 Å². The molecule has 1 aliphatic rings. The van der Waals surface area contributed by atoms with E-state index in [0.717, 1.165) is 32.0 Å². The summed E-state index contributed by atoms with van der Waals surface area (Å²) >= 11 is 0. The molecule has 1 heterocycles. The average molecular weight is 224 g/mol. The van der Waals surface area contributed by atoms with Gasteiger partial charge in [-0.2, -0.15) is 5.10 Å². The number of hydrazone groups is 1. The van der Waals surface area contributed by atoms with Crippen LogP contribution in [0.3, 0.4) is 0 Å². The minimum absolute atomic E-state index is 0.326. The van der Waals surface area contributed by atoms with Gasteiger partial charge < -0.3 is 0 Å². The van der Waals surface area contributed by atoms with E-state index in [0.29, 0.717) is 5.56 Å². The van der Waals surface area contributed by atoms with Gasteiger partial charge in [-0.05, 0) is 31.4 Å². The Morgan fingerprint density at radius 3 is 2.56 bits per heavy atom. The molecule has 2 rings (SSSR count). The van der Waals surface area contributed by atoms with Gasteiger partial charge in [0.25, 0.3) is 0 Å². The summed E-state index contributed by atoms with van der Waals surface area (Å²) < 4.78 is 25.9. The fourth-order valence-electron chi connectivity index (χ4n) is 1.74. The Morgan fingerprint density at radius 2 is 1.88 bits per heavy atom. The minimum Gasteiger partial charge on any atom is -0.297 e. The number of benzene rings is 1. The first-order valence-electron chi connectivity index (χ1n) is 5.50. The van der Waals surface area contributed by atoms with E-state index >= 15 is 0 Å². The Labute approximate surface area is 93.6 Å². The van der Waals surface area contributed by atoms with Crippen molar-refractivity contribution >= 4 is 6.21 Å². The van der Waals surface area contributed by atoms with E-state index in [1.807, 2.05) is 5.01 Å². The molecule has 1 fully saturated rings. The SMILES string of the molecule is Fc1ccc(/C=N/N2CCCCC2)c(F)c1. The Bertz CT molecular complexity index is 385. The van der Waals surface area contributed by atoms with Crippen molar-refractivity contribution in [1.29, 1.82) is 0 Å². The molecule has 0 aliphatic carbocycles. The van der Waals surface area contributed by atoms with Crippen molar-refractivity contribution in [3.8, 4) is 0 Å². The number of hydrogen-bond donors (Lipinski definition) is 0. The second kappa shape index (κ2) is 5.05. The highest BCUT2D eigenvalue weighted by molar-refractivity contribution is 5.79. The molecule has 1 aromatic carbocycles. The zero-order valence-electron chi connectivity index (χ0n) is 9.00. The fourth-order valence-corrected chi connectivity index (χ4v) is 1.74. The van der Waals surface area contributed by atoms with Crippen molar-refractivity contribution in [3.05, 3.63) is 35.4 Å². The molecular weight excluding hydrogens is 210 g/mol. The Hall–Kier alpha value is -1.45. The van der Waals surface area contributed by atoms with Crippen LogP contribution >= 0.6 is 0 Å². The van der Waals surface area contributed by atoms with Gasteiger partial charge in [0, 0.05) is 24.7 Å². The molecule has 0 saturated carbocycles. The van der Waals surface area contributed by atoms with Gasteiger partial charge in [-0.1, -0.05) is 0 Å². The van der Waals surface area contributed by atoms with Crippen LogP contribution in [-0.4, -0.2) is 24.3 Å². The molecule has 0 atom stereocenters. The third-order valence-electron chi connectivity index (χ3n) is 2.66. The van der Waals surface area contributed by atoms with Crippen molar-refractivity contribution < 1.29 is 8.78 Å².